The second-order valence-electron chi connectivity index (χ2n) is 7.90. The van der Waals surface area contributed by atoms with Crippen LogP contribution in [0.1, 0.15) is 42.7 Å². The lowest BCUT2D eigenvalue weighted by Gasteiger charge is -2.26. The highest BCUT2D eigenvalue weighted by molar-refractivity contribution is 5.97. The molecule has 0 unspecified atom stereocenters. The highest BCUT2D eigenvalue weighted by Gasteiger charge is 2.51. The minimum Gasteiger partial charge on any atom is -0.431 e. The van der Waals surface area contributed by atoms with E-state index < -0.39 is 59.4 Å². The van der Waals surface area contributed by atoms with Gasteiger partial charge in [0.05, 0.1) is 5.60 Å². The molecule has 0 aliphatic carbocycles. The number of nitrogens with two attached hydrogens (primary N) is 1. The number of ether oxygens (including phenoxy) is 2. The van der Waals surface area contributed by atoms with E-state index in [0.717, 1.165) is 12.1 Å². The molecule has 172 valence electrons. The van der Waals surface area contributed by atoms with Crippen LogP contribution in [0.25, 0.3) is 0 Å². The predicted molar refractivity (Wildman–Crippen MR) is 105 cm³/mol. The first-order valence-electron chi connectivity index (χ1n) is 9.59. The minimum absolute atomic E-state index is 0.0892. The number of nitrogens with one attached hydrogen (secondary N) is 1. The molecule has 2 amide bonds. The van der Waals surface area contributed by atoms with Crippen molar-refractivity contribution in [2.75, 3.05) is 5.32 Å². The second-order valence-corrected chi connectivity index (χ2v) is 7.90. The van der Waals surface area contributed by atoms with Gasteiger partial charge in [0.25, 0.3) is 11.8 Å². The molecule has 1 fully saturated rings. The molecule has 1 saturated heterocycles. The van der Waals surface area contributed by atoms with Crippen LogP contribution in [0.5, 0.6) is 5.75 Å². The summed E-state index contributed by atoms with van der Waals surface area (Å²) in [4.78, 5) is 28.2. The van der Waals surface area contributed by atoms with Gasteiger partial charge in [-0.15, -0.1) is 0 Å². The van der Waals surface area contributed by atoms with E-state index in [4.69, 9.17) is 10.5 Å². The molecule has 3 N–H and O–H groups in total. The van der Waals surface area contributed by atoms with Gasteiger partial charge in [0.2, 0.25) is 5.82 Å². The molecule has 1 aliphatic heterocycles. The molecular weight excluding hydrogens is 434 g/mol. The van der Waals surface area contributed by atoms with Gasteiger partial charge in [-0.1, -0.05) is 13.0 Å². The quantitative estimate of drug-likeness (QED) is 0.648. The second kappa shape index (κ2) is 8.73. The van der Waals surface area contributed by atoms with Crippen LogP contribution in [0.3, 0.4) is 0 Å². The first-order valence-corrected chi connectivity index (χ1v) is 9.59. The number of benzene rings is 1. The summed E-state index contributed by atoms with van der Waals surface area (Å²) in [6.45, 7) is 1.65. The lowest BCUT2D eigenvalue weighted by atomic mass is 9.78. The van der Waals surface area contributed by atoms with E-state index in [2.05, 4.69) is 15.0 Å². The molecule has 3 atom stereocenters. The molecule has 32 heavy (non-hydrogen) atoms. The Morgan fingerprint density at radius 1 is 1.25 bits per heavy atom. The van der Waals surface area contributed by atoms with Gasteiger partial charge < -0.3 is 20.5 Å². The highest BCUT2D eigenvalue weighted by atomic mass is 19.3. The van der Waals surface area contributed by atoms with Gasteiger partial charge in [-0.3, -0.25) is 14.6 Å². The molecule has 1 aromatic heterocycles. The summed E-state index contributed by atoms with van der Waals surface area (Å²) in [5, 5.41) is 2.55. The van der Waals surface area contributed by atoms with Crippen molar-refractivity contribution < 1.29 is 36.6 Å². The van der Waals surface area contributed by atoms with Crippen molar-refractivity contribution in [2.24, 2.45) is 11.7 Å². The van der Waals surface area contributed by atoms with Gasteiger partial charge in [-0.05, 0) is 38.0 Å². The number of hydrogen-bond acceptors (Lipinski definition) is 5. The Labute approximate surface area is 180 Å². The SMILES string of the molecule is C[C@H]1[C@H](c2ccc(F)c(F)c2OC(F)F)[C@H](C(=O)Nc2ccnc(C(N)=O)c2)OC1(C)C. The standard InChI is InChI=1S/C21H21F4N3O4/c1-9-14(11-4-5-12(22)15(23)16(11)31-20(24)25)17(32-21(9,2)3)19(30)28-10-6-7-27-13(8-10)18(26)29/h4-9,14,17,20H,1-3H3,(H2,26,29)(H,27,28,30)/t9-,14+,17+/m0/s1. The molecule has 1 aliphatic rings. The fraction of sp³-hybridized carbons (Fsp3) is 0.381. The zero-order chi connectivity index (χ0) is 23.8. The smallest absolute Gasteiger partial charge is 0.387 e. The van der Waals surface area contributed by atoms with Gasteiger partial charge >= 0.3 is 6.61 Å². The number of hydrogen-bond donors (Lipinski definition) is 2. The largest absolute Gasteiger partial charge is 0.431 e. The number of nitrogens with zero attached hydrogens (tertiary/aromatic N) is 1. The monoisotopic (exact) mass is 455 g/mol. The molecule has 3 rings (SSSR count). The maximum absolute atomic E-state index is 14.4. The molecule has 2 aromatic rings. The van der Waals surface area contributed by atoms with Crippen molar-refractivity contribution in [1.82, 2.24) is 4.98 Å². The number of alkyl halides is 2. The van der Waals surface area contributed by atoms with Gasteiger partial charge in [0.1, 0.15) is 11.8 Å². The number of pyridine rings is 1. The summed E-state index contributed by atoms with van der Waals surface area (Å²) in [5.41, 5.74) is 4.24. The van der Waals surface area contributed by atoms with E-state index in [0.29, 0.717) is 0 Å². The van der Waals surface area contributed by atoms with Crippen molar-refractivity contribution in [1.29, 1.82) is 0 Å². The Morgan fingerprint density at radius 3 is 2.56 bits per heavy atom. The van der Waals surface area contributed by atoms with Crippen LogP contribution >= 0.6 is 0 Å². The van der Waals surface area contributed by atoms with Crippen LogP contribution < -0.4 is 15.8 Å². The number of amides is 2. The number of primary amides is 1. The summed E-state index contributed by atoms with van der Waals surface area (Å²) in [6, 6.07) is 4.53. The first-order chi connectivity index (χ1) is 14.9. The van der Waals surface area contributed by atoms with Gasteiger partial charge in [0, 0.05) is 23.4 Å². The van der Waals surface area contributed by atoms with Crippen molar-refractivity contribution in [3.63, 3.8) is 0 Å². The predicted octanol–water partition coefficient (Wildman–Crippen LogP) is 3.60. The topological polar surface area (TPSA) is 104 Å². The third-order valence-corrected chi connectivity index (χ3v) is 5.58. The summed E-state index contributed by atoms with van der Waals surface area (Å²) >= 11 is 0. The van der Waals surface area contributed by atoms with E-state index in [1.54, 1.807) is 20.8 Å². The fourth-order valence-corrected chi connectivity index (χ4v) is 3.73. The Kier molecular flexibility index (Phi) is 6.40. The molecule has 0 spiro atoms. The van der Waals surface area contributed by atoms with Crippen molar-refractivity contribution in [3.05, 3.63) is 53.4 Å². The Morgan fingerprint density at radius 2 is 1.94 bits per heavy atom. The Hall–Kier alpha value is -3.21. The van der Waals surface area contributed by atoms with Crippen LogP contribution in [0.2, 0.25) is 0 Å². The lowest BCUT2D eigenvalue weighted by molar-refractivity contribution is -0.131. The van der Waals surface area contributed by atoms with Crippen LogP contribution in [0, 0.1) is 17.6 Å². The fourth-order valence-electron chi connectivity index (χ4n) is 3.73. The number of halogens is 4. The molecular formula is C21H21F4N3O4. The van der Waals surface area contributed by atoms with E-state index in [-0.39, 0.29) is 16.9 Å². The van der Waals surface area contributed by atoms with Gasteiger partial charge in [-0.25, -0.2) is 4.39 Å². The first kappa shape index (κ1) is 23.5. The van der Waals surface area contributed by atoms with Crippen LogP contribution in [0.15, 0.2) is 30.5 Å². The van der Waals surface area contributed by atoms with Gasteiger partial charge in [-0.2, -0.15) is 13.2 Å². The molecule has 0 saturated carbocycles. The molecule has 0 radical (unpaired) electrons. The van der Waals surface area contributed by atoms with E-state index in [1.165, 1.54) is 18.3 Å². The average Bonchev–Trinajstić information content (AvgIpc) is 2.95. The normalized spacial score (nSPS) is 22.1. The van der Waals surface area contributed by atoms with Crippen molar-refractivity contribution in [3.8, 4) is 5.75 Å². The Bertz CT molecular complexity index is 1050. The van der Waals surface area contributed by atoms with Crippen molar-refractivity contribution >= 4 is 17.5 Å². The van der Waals surface area contributed by atoms with Crippen molar-refractivity contribution in [2.45, 2.75) is 45.0 Å². The third kappa shape index (κ3) is 4.52. The summed E-state index contributed by atoms with van der Waals surface area (Å²) in [6.07, 6.45) is -0.00536. The third-order valence-electron chi connectivity index (χ3n) is 5.58. The van der Waals surface area contributed by atoms with E-state index >= 15 is 0 Å². The average molecular weight is 455 g/mol. The number of rotatable bonds is 6. The number of carbonyl (C=O) groups is 2. The molecule has 11 heteroatoms. The summed E-state index contributed by atoms with van der Waals surface area (Å²) in [7, 11) is 0. The van der Waals surface area contributed by atoms with Crippen LogP contribution in [0.4, 0.5) is 23.2 Å². The zero-order valence-electron chi connectivity index (χ0n) is 17.4. The van der Waals surface area contributed by atoms with E-state index in [1.807, 2.05) is 0 Å². The maximum Gasteiger partial charge on any atom is 0.387 e. The zero-order valence-corrected chi connectivity index (χ0v) is 17.4. The van der Waals surface area contributed by atoms with Gasteiger partial charge in [0.15, 0.2) is 11.6 Å². The molecule has 1 aromatic carbocycles. The molecule has 7 nitrogen and oxygen atoms in total. The number of aromatic nitrogens is 1. The maximum atomic E-state index is 14.4. The van der Waals surface area contributed by atoms with Crippen LogP contribution in [-0.2, 0) is 9.53 Å². The summed E-state index contributed by atoms with van der Waals surface area (Å²) in [5.74, 6) is -6.86. The molecule has 0 bridgehead atoms. The highest BCUT2D eigenvalue weighted by Crippen LogP contribution is 2.49. The minimum atomic E-state index is -3.41. The number of anilines is 1. The van der Waals surface area contributed by atoms with E-state index in [9.17, 15) is 27.2 Å². The van der Waals surface area contributed by atoms with Crippen LogP contribution in [-0.4, -0.2) is 35.1 Å². The Balaban J connectivity index is 2.01. The summed E-state index contributed by atoms with van der Waals surface area (Å²) < 4.78 is 64.1. The molecule has 2 heterocycles. The lowest BCUT2D eigenvalue weighted by Crippen LogP contribution is -2.33. The number of carbonyl (C=O) groups excluding carboxylic acids is 2.